The van der Waals surface area contributed by atoms with Crippen LogP contribution in [0.5, 0.6) is 0 Å². The zero-order chi connectivity index (χ0) is 17.1. The highest BCUT2D eigenvalue weighted by Crippen LogP contribution is 2.19. The van der Waals surface area contributed by atoms with Crippen LogP contribution in [0.2, 0.25) is 0 Å². The lowest BCUT2D eigenvalue weighted by Crippen LogP contribution is -2.31. The molecular formula is C17H26N6O. The van der Waals surface area contributed by atoms with E-state index in [9.17, 15) is 4.79 Å². The Morgan fingerprint density at radius 3 is 3.04 bits per heavy atom. The van der Waals surface area contributed by atoms with Crippen LogP contribution in [0.1, 0.15) is 48.3 Å². The first-order valence-electron chi connectivity index (χ1n) is 8.57. The molecule has 1 saturated heterocycles. The fourth-order valence-electron chi connectivity index (χ4n) is 3.22. The maximum absolute atomic E-state index is 12.1. The molecule has 130 valence electrons. The molecule has 2 N–H and O–H groups in total. The molecule has 0 bridgehead atoms. The van der Waals surface area contributed by atoms with E-state index in [0.717, 1.165) is 37.6 Å². The predicted molar refractivity (Wildman–Crippen MR) is 91.7 cm³/mol. The minimum atomic E-state index is -0.104. The topological polar surface area (TPSA) is 78.8 Å². The Morgan fingerprint density at radius 1 is 1.50 bits per heavy atom. The van der Waals surface area contributed by atoms with Crippen molar-refractivity contribution in [2.75, 3.05) is 19.6 Å². The molecule has 0 aliphatic carbocycles. The van der Waals surface area contributed by atoms with Crippen LogP contribution in [0.15, 0.2) is 18.5 Å². The maximum Gasteiger partial charge on any atom is 0.271 e. The van der Waals surface area contributed by atoms with Gasteiger partial charge in [0.2, 0.25) is 0 Å². The average Bonchev–Trinajstić information content (AvgIpc) is 3.26. The Balaban J connectivity index is 1.47. The summed E-state index contributed by atoms with van der Waals surface area (Å²) >= 11 is 0. The summed E-state index contributed by atoms with van der Waals surface area (Å²) in [6.45, 7) is 9.83. The number of amides is 1. The molecule has 1 aliphatic rings. The first-order chi connectivity index (χ1) is 11.5. The first-order valence-corrected chi connectivity index (χ1v) is 8.57. The quantitative estimate of drug-likeness (QED) is 0.846. The molecule has 0 radical (unpaired) electrons. The molecule has 1 fully saturated rings. The van der Waals surface area contributed by atoms with E-state index in [0.29, 0.717) is 24.2 Å². The number of carbonyl (C=O) groups excluding carboxylic acids is 1. The predicted octanol–water partition coefficient (Wildman–Crippen LogP) is 1.75. The van der Waals surface area contributed by atoms with Gasteiger partial charge in [0, 0.05) is 37.2 Å². The van der Waals surface area contributed by atoms with Crippen LogP contribution in [-0.4, -0.2) is 50.2 Å². The van der Waals surface area contributed by atoms with E-state index in [4.69, 9.17) is 0 Å². The third kappa shape index (κ3) is 3.84. The van der Waals surface area contributed by atoms with Crippen molar-refractivity contribution >= 4 is 5.91 Å². The normalized spacial score (nSPS) is 18.4. The molecule has 0 aromatic carbocycles. The number of aryl methyl sites for hydroxylation is 1. The van der Waals surface area contributed by atoms with Gasteiger partial charge in [-0.2, -0.15) is 5.10 Å². The first kappa shape index (κ1) is 16.7. The molecule has 7 heteroatoms. The van der Waals surface area contributed by atoms with Gasteiger partial charge in [0.15, 0.2) is 0 Å². The molecule has 0 spiro atoms. The van der Waals surface area contributed by atoms with Crippen molar-refractivity contribution in [3.05, 3.63) is 35.7 Å². The Hall–Kier alpha value is -2.15. The van der Waals surface area contributed by atoms with Gasteiger partial charge >= 0.3 is 0 Å². The summed E-state index contributed by atoms with van der Waals surface area (Å²) < 4.78 is 2.22. The van der Waals surface area contributed by atoms with Gasteiger partial charge in [0.25, 0.3) is 5.91 Å². The summed E-state index contributed by atoms with van der Waals surface area (Å²) in [6, 6.07) is 2.19. The molecule has 1 atom stereocenters. The molecule has 7 nitrogen and oxygen atoms in total. The molecule has 3 heterocycles. The van der Waals surface area contributed by atoms with Crippen LogP contribution in [0.3, 0.4) is 0 Å². The Labute approximate surface area is 142 Å². The minimum absolute atomic E-state index is 0.104. The van der Waals surface area contributed by atoms with E-state index < -0.39 is 0 Å². The summed E-state index contributed by atoms with van der Waals surface area (Å²) in [5, 5.41) is 9.78. The lowest BCUT2D eigenvalue weighted by molar-refractivity contribution is 0.0942. The molecule has 2 aromatic heterocycles. The fraction of sp³-hybridized carbons (Fsp3) is 0.588. The lowest BCUT2D eigenvalue weighted by Gasteiger charge is -2.18. The van der Waals surface area contributed by atoms with Crippen molar-refractivity contribution in [3.63, 3.8) is 0 Å². The number of hydrogen-bond acceptors (Lipinski definition) is 4. The largest absolute Gasteiger partial charge is 0.350 e. The van der Waals surface area contributed by atoms with Crippen molar-refractivity contribution in [1.29, 1.82) is 0 Å². The second kappa shape index (κ2) is 7.17. The second-order valence-electron chi connectivity index (χ2n) is 6.88. The molecule has 2 aromatic rings. The van der Waals surface area contributed by atoms with Crippen LogP contribution in [0.4, 0.5) is 0 Å². The standard InChI is InChI=1S/C17H26N6O/c1-12(2)23-7-5-18-16(23)11-22-6-4-14(10-22)9-19-17(24)15-8-13(3)20-21-15/h5,7-8,12,14H,4,6,9-11H2,1-3H3,(H,19,24)(H,20,21). The van der Waals surface area contributed by atoms with Crippen LogP contribution >= 0.6 is 0 Å². The number of aromatic amines is 1. The van der Waals surface area contributed by atoms with E-state index in [2.05, 4.69) is 43.8 Å². The van der Waals surface area contributed by atoms with Crippen molar-refractivity contribution < 1.29 is 4.79 Å². The van der Waals surface area contributed by atoms with Gasteiger partial charge in [-0.15, -0.1) is 0 Å². The van der Waals surface area contributed by atoms with E-state index in [-0.39, 0.29) is 5.91 Å². The third-order valence-electron chi connectivity index (χ3n) is 4.53. The summed E-state index contributed by atoms with van der Waals surface area (Å²) in [6.07, 6.45) is 5.01. The number of imidazole rings is 1. The number of nitrogens with one attached hydrogen (secondary N) is 2. The molecule has 1 aliphatic heterocycles. The number of carbonyl (C=O) groups is 1. The van der Waals surface area contributed by atoms with Crippen LogP contribution in [0, 0.1) is 12.8 Å². The summed E-state index contributed by atoms with van der Waals surface area (Å²) in [5.74, 6) is 1.49. The van der Waals surface area contributed by atoms with Crippen molar-refractivity contribution in [2.24, 2.45) is 5.92 Å². The maximum atomic E-state index is 12.1. The number of nitrogens with zero attached hydrogens (tertiary/aromatic N) is 4. The highest BCUT2D eigenvalue weighted by atomic mass is 16.1. The monoisotopic (exact) mass is 330 g/mol. The molecule has 0 saturated carbocycles. The van der Waals surface area contributed by atoms with Gasteiger partial charge in [-0.05, 0) is 45.7 Å². The zero-order valence-corrected chi connectivity index (χ0v) is 14.6. The van der Waals surface area contributed by atoms with Crippen molar-refractivity contribution in [1.82, 2.24) is 30.0 Å². The highest BCUT2D eigenvalue weighted by molar-refractivity contribution is 5.92. The van der Waals surface area contributed by atoms with Crippen molar-refractivity contribution in [3.8, 4) is 0 Å². The van der Waals surface area contributed by atoms with Gasteiger partial charge in [-0.25, -0.2) is 4.98 Å². The fourth-order valence-corrected chi connectivity index (χ4v) is 3.22. The number of hydrogen-bond donors (Lipinski definition) is 2. The highest BCUT2D eigenvalue weighted by Gasteiger charge is 2.24. The second-order valence-corrected chi connectivity index (χ2v) is 6.88. The zero-order valence-electron chi connectivity index (χ0n) is 14.6. The summed E-state index contributed by atoms with van der Waals surface area (Å²) in [4.78, 5) is 18.9. The van der Waals surface area contributed by atoms with E-state index >= 15 is 0 Å². The third-order valence-corrected chi connectivity index (χ3v) is 4.53. The smallest absolute Gasteiger partial charge is 0.271 e. The number of H-pyrrole nitrogens is 1. The Morgan fingerprint density at radius 2 is 2.33 bits per heavy atom. The van der Waals surface area contributed by atoms with Crippen LogP contribution < -0.4 is 5.32 Å². The lowest BCUT2D eigenvalue weighted by atomic mass is 10.1. The SMILES string of the molecule is Cc1cc(C(=O)NCC2CCN(Cc3nccn3C(C)C)C2)n[nH]1. The van der Waals surface area contributed by atoms with Crippen LogP contribution in [-0.2, 0) is 6.54 Å². The Bertz CT molecular complexity index is 689. The van der Waals surface area contributed by atoms with Gasteiger partial charge in [0.05, 0.1) is 6.54 Å². The minimum Gasteiger partial charge on any atom is -0.350 e. The van der Waals surface area contributed by atoms with Crippen molar-refractivity contribution in [2.45, 2.75) is 39.8 Å². The average molecular weight is 330 g/mol. The van der Waals surface area contributed by atoms with E-state index in [1.807, 2.05) is 19.3 Å². The molecular weight excluding hydrogens is 304 g/mol. The number of aromatic nitrogens is 4. The van der Waals surface area contributed by atoms with Gasteiger partial charge in [0.1, 0.15) is 11.5 Å². The van der Waals surface area contributed by atoms with Gasteiger partial charge in [-0.1, -0.05) is 0 Å². The summed E-state index contributed by atoms with van der Waals surface area (Å²) in [5.41, 5.74) is 1.36. The van der Waals surface area contributed by atoms with Gasteiger partial charge < -0.3 is 9.88 Å². The molecule has 1 amide bonds. The molecule has 24 heavy (non-hydrogen) atoms. The van der Waals surface area contributed by atoms with Gasteiger partial charge in [-0.3, -0.25) is 14.8 Å². The van der Waals surface area contributed by atoms with E-state index in [1.165, 1.54) is 0 Å². The number of likely N-dealkylation sites (tertiary alicyclic amines) is 1. The molecule has 3 rings (SSSR count). The molecule has 1 unspecified atom stereocenters. The van der Waals surface area contributed by atoms with E-state index in [1.54, 1.807) is 6.07 Å². The Kier molecular flexibility index (Phi) is 4.99. The summed E-state index contributed by atoms with van der Waals surface area (Å²) in [7, 11) is 0. The van der Waals surface area contributed by atoms with Crippen LogP contribution in [0.25, 0.3) is 0 Å². The number of rotatable bonds is 6.